The summed E-state index contributed by atoms with van der Waals surface area (Å²) in [6.07, 6.45) is 0.836. The second-order valence-electron chi connectivity index (χ2n) is 9.03. The number of hydrogen-bond acceptors (Lipinski definition) is 4. The van der Waals surface area contributed by atoms with Crippen molar-refractivity contribution in [2.75, 3.05) is 6.54 Å². The molecule has 0 unspecified atom stereocenters. The molecule has 0 amide bonds. The summed E-state index contributed by atoms with van der Waals surface area (Å²) in [6, 6.07) is 7.57. The maximum absolute atomic E-state index is 13.4. The van der Waals surface area contributed by atoms with Crippen LogP contribution in [0.5, 0.6) is 5.88 Å². The van der Waals surface area contributed by atoms with E-state index in [1.807, 2.05) is 45.9 Å². The smallest absolute Gasteiger partial charge is 0.333 e. The molecule has 0 saturated heterocycles. The predicted octanol–water partition coefficient (Wildman–Crippen LogP) is 2.74. The number of hydrogen-bond donors (Lipinski definition) is 3. The van der Waals surface area contributed by atoms with Crippen LogP contribution in [0.15, 0.2) is 33.9 Å². The average Bonchev–Trinajstić information content (AvgIpc) is 3.08. The molecule has 0 bridgehead atoms. The Morgan fingerprint density at radius 2 is 1.73 bits per heavy atom. The molecule has 0 radical (unpaired) electrons. The number of aromatic nitrogens is 3. The van der Waals surface area contributed by atoms with Gasteiger partial charge in [-0.1, -0.05) is 45.9 Å². The Bertz CT molecular complexity index is 1200. The van der Waals surface area contributed by atoms with Crippen LogP contribution in [-0.2, 0) is 19.5 Å². The van der Waals surface area contributed by atoms with E-state index in [2.05, 4.69) is 16.4 Å². The summed E-state index contributed by atoms with van der Waals surface area (Å²) in [5, 5.41) is 15.6. The van der Waals surface area contributed by atoms with Gasteiger partial charge in [-0.2, -0.15) is 0 Å². The van der Waals surface area contributed by atoms with Gasteiger partial charge in [0.25, 0.3) is 5.56 Å². The Morgan fingerprint density at radius 1 is 1.07 bits per heavy atom. The van der Waals surface area contributed by atoms with E-state index in [1.165, 1.54) is 9.13 Å². The lowest BCUT2D eigenvalue weighted by atomic mass is 9.95. The molecule has 7 heteroatoms. The van der Waals surface area contributed by atoms with Crippen molar-refractivity contribution < 1.29 is 5.11 Å². The summed E-state index contributed by atoms with van der Waals surface area (Å²) in [4.78, 5) is 29.9. The maximum Gasteiger partial charge on any atom is 0.333 e. The second kappa shape index (κ2) is 7.80. The molecular formula is C23H30N4O3. The fourth-order valence-electron chi connectivity index (χ4n) is 4.44. The Kier molecular flexibility index (Phi) is 5.32. The minimum atomic E-state index is -0.494. The van der Waals surface area contributed by atoms with Gasteiger partial charge in [0, 0.05) is 36.2 Å². The molecule has 1 atom stereocenters. The van der Waals surface area contributed by atoms with E-state index >= 15 is 0 Å². The summed E-state index contributed by atoms with van der Waals surface area (Å²) in [6.45, 7) is 9.26. The average molecular weight is 411 g/mol. The van der Waals surface area contributed by atoms with Crippen molar-refractivity contribution in [1.82, 2.24) is 19.4 Å². The molecule has 1 aromatic carbocycles. The Labute approximate surface area is 175 Å². The van der Waals surface area contributed by atoms with Gasteiger partial charge in [0.2, 0.25) is 5.88 Å². The van der Waals surface area contributed by atoms with E-state index in [0.717, 1.165) is 28.6 Å². The standard InChI is InChI=1S/C23H30N4O3/c1-13(2)11-26-21(28)18(22(29)27(23(26)30)12-14(3)4)20-19-16(9-10-24-20)15-7-5-6-8-17(15)25-19/h5-8,13-14,20,24-25,28H,9-12H2,1-4H3/t20-/m0/s1. The molecule has 0 aliphatic carbocycles. The van der Waals surface area contributed by atoms with E-state index in [1.54, 1.807) is 0 Å². The number of para-hydroxylation sites is 1. The quantitative estimate of drug-likeness (QED) is 0.603. The van der Waals surface area contributed by atoms with Gasteiger partial charge in [0.05, 0.1) is 6.04 Å². The van der Waals surface area contributed by atoms with Gasteiger partial charge >= 0.3 is 5.69 Å². The van der Waals surface area contributed by atoms with Crippen LogP contribution < -0.4 is 16.6 Å². The van der Waals surface area contributed by atoms with Gasteiger partial charge in [-0.25, -0.2) is 4.79 Å². The third-order valence-electron chi connectivity index (χ3n) is 5.68. The number of nitrogens with one attached hydrogen (secondary N) is 2. The largest absolute Gasteiger partial charge is 0.494 e. The van der Waals surface area contributed by atoms with Crippen molar-refractivity contribution in [2.45, 2.75) is 53.2 Å². The highest BCUT2D eigenvalue weighted by Gasteiger charge is 2.32. The van der Waals surface area contributed by atoms with Crippen molar-refractivity contribution in [3.05, 3.63) is 61.9 Å². The molecule has 3 heterocycles. The predicted molar refractivity (Wildman–Crippen MR) is 118 cm³/mol. The number of benzene rings is 1. The highest BCUT2D eigenvalue weighted by molar-refractivity contribution is 5.85. The molecule has 3 aromatic rings. The van der Waals surface area contributed by atoms with Gasteiger partial charge < -0.3 is 15.4 Å². The first-order valence-electron chi connectivity index (χ1n) is 10.7. The fraction of sp³-hybridized carbons (Fsp3) is 0.478. The lowest BCUT2D eigenvalue weighted by molar-refractivity contribution is 0.343. The van der Waals surface area contributed by atoms with Crippen LogP contribution in [0.2, 0.25) is 0 Å². The second-order valence-corrected chi connectivity index (χ2v) is 9.03. The maximum atomic E-state index is 13.4. The van der Waals surface area contributed by atoms with Crippen LogP contribution in [0.1, 0.15) is 50.6 Å². The van der Waals surface area contributed by atoms with Crippen LogP contribution >= 0.6 is 0 Å². The number of fused-ring (bicyclic) bond motifs is 3. The van der Waals surface area contributed by atoms with Crippen LogP contribution in [-0.4, -0.2) is 25.8 Å². The molecule has 3 N–H and O–H groups in total. The van der Waals surface area contributed by atoms with Crippen molar-refractivity contribution in [3.63, 3.8) is 0 Å². The molecule has 1 aliphatic rings. The summed E-state index contributed by atoms with van der Waals surface area (Å²) in [5.74, 6) is 0.0420. The van der Waals surface area contributed by atoms with E-state index in [4.69, 9.17) is 0 Å². The van der Waals surface area contributed by atoms with Gasteiger partial charge in [-0.15, -0.1) is 0 Å². The van der Waals surface area contributed by atoms with Crippen molar-refractivity contribution >= 4 is 10.9 Å². The van der Waals surface area contributed by atoms with Crippen LogP contribution in [0.3, 0.4) is 0 Å². The molecule has 7 nitrogen and oxygen atoms in total. The van der Waals surface area contributed by atoms with Crippen molar-refractivity contribution in [2.24, 2.45) is 11.8 Å². The zero-order valence-electron chi connectivity index (χ0n) is 18.0. The number of rotatable bonds is 5. The topological polar surface area (TPSA) is 92.0 Å². The Morgan fingerprint density at radius 3 is 2.43 bits per heavy atom. The summed E-state index contributed by atoms with van der Waals surface area (Å²) in [5.41, 5.74) is 2.43. The van der Waals surface area contributed by atoms with E-state index in [9.17, 15) is 14.7 Å². The molecule has 0 spiro atoms. The number of H-pyrrole nitrogens is 1. The minimum Gasteiger partial charge on any atom is -0.494 e. The van der Waals surface area contributed by atoms with E-state index in [0.29, 0.717) is 19.6 Å². The SMILES string of the molecule is CC(C)Cn1c(O)c([C@@H]2NCCc3c2[nH]c2ccccc32)c(=O)n(CC(C)C)c1=O. The molecule has 0 fully saturated rings. The Balaban J connectivity index is 1.98. The fourth-order valence-corrected chi connectivity index (χ4v) is 4.44. The molecule has 4 rings (SSSR count). The van der Waals surface area contributed by atoms with Crippen LogP contribution in [0, 0.1) is 11.8 Å². The van der Waals surface area contributed by atoms with E-state index in [-0.39, 0.29) is 23.3 Å². The van der Waals surface area contributed by atoms with Gasteiger partial charge in [-0.05, 0) is 29.9 Å². The highest BCUT2D eigenvalue weighted by atomic mass is 16.3. The normalized spacial score (nSPS) is 16.5. The van der Waals surface area contributed by atoms with Gasteiger partial charge in [-0.3, -0.25) is 13.9 Å². The zero-order chi connectivity index (χ0) is 21.6. The summed E-state index contributed by atoms with van der Waals surface area (Å²) >= 11 is 0. The zero-order valence-corrected chi connectivity index (χ0v) is 18.0. The monoisotopic (exact) mass is 410 g/mol. The molecular weight excluding hydrogens is 380 g/mol. The third kappa shape index (κ3) is 3.37. The van der Waals surface area contributed by atoms with Gasteiger partial charge in [0.1, 0.15) is 5.56 Å². The van der Waals surface area contributed by atoms with Crippen LogP contribution in [0.4, 0.5) is 0 Å². The molecule has 2 aromatic heterocycles. The lowest BCUT2D eigenvalue weighted by Gasteiger charge is -2.27. The molecule has 0 saturated carbocycles. The summed E-state index contributed by atoms with van der Waals surface area (Å²) < 4.78 is 2.63. The number of aromatic amines is 1. The first kappa shape index (κ1) is 20.5. The molecule has 1 aliphatic heterocycles. The van der Waals surface area contributed by atoms with Crippen molar-refractivity contribution in [3.8, 4) is 5.88 Å². The summed E-state index contributed by atoms with van der Waals surface area (Å²) in [7, 11) is 0. The third-order valence-corrected chi connectivity index (χ3v) is 5.68. The van der Waals surface area contributed by atoms with E-state index < -0.39 is 17.3 Å². The van der Waals surface area contributed by atoms with Crippen LogP contribution in [0.25, 0.3) is 10.9 Å². The number of nitrogens with zero attached hydrogens (tertiary/aromatic N) is 2. The Hall–Kier alpha value is -2.80. The lowest BCUT2D eigenvalue weighted by Crippen LogP contribution is -2.45. The van der Waals surface area contributed by atoms with Gasteiger partial charge in [0.15, 0.2) is 0 Å². The first-order valence-corrected chi connectivity index (χ1v) is 10.7. The highest BCUT2D eigenvalue weighted by Crippen LogP contribution is 2.34. The van der Waals surface area contributed by atoms with Crippen molar-refractivity contribution in [1.29, 1.82) is 0 Å². The number of aromatic hydroxyl groups is 1. The first-order chi connectivity index (χ1) is 14.3. The molecule has 30 heavy (non-hydrogen) atoms. The molecule has 160 valence electrons. The minimum absolute atomic E-state index is 0.128.